The molecule has 3 fully saturated rings. The van der Waals surface area contributed by atoms with Crippen molar-refractivity contribution in [1.29, 1.82) is 0 Å². The lowest BCUT2D eigenvalue weighted by Crippen LogP contribution is -3.22. The largest absolute Gasteiger partial charge is 0.462 e. The Labute approximate surface area is 56.4 Å². The first kappa shape index (κ1) is 5.48. The topological polar surface area (TPSA) is 4.44 Å². The second-order valence-corrected chi connectivity index (χ2v) is 3.36. The number of hydrogen-bond acceptors (Lipinski definition) is 0. The van der Waals surface area contributed by atoms with Gasteiger partial charge < -0.3 is 4.90 Å². The van der Waals surface area contributed by atoms with Crippen molar-refractivity contribution in [2.45, 2.75) is 31.3 Å². The van der Waals surface area contributed by atoms with E-state index in [9.17, 15) is 0 Å². The summed E-state index contributed by atoms with van der Waals surface area (Å²) in [6.45, 7) is 3.99. The quantitative estimate of drug-likeness (QED) is 0.345. The fraction of sp³-hybridized carbons (Fsp3) is 0.625. The second kappa shape index (κ2) is 1.60. The molecule has 0 amide bonds. The minimum atomic E-state index is 0.830. The predicted octanol–water partition coefficient (Wildman–Crippen LogP) is 0.154. The van der Waals surface area contributed by atoms with Gasteiger partial charge in [0.15, 0.2) is 0 Å². The van der Waals surface area contributed by atoms with Crippen molar-refractivity contribution in [1.82, 2.24) is 0 Å². The minimum Gasteiger partial charge on any atom is -0.462 e. The summed E-state index contributed by atoms with van der Waals surface area (Å²) in [7, 11) is 4.04. The number of hydrogen-bond donors (Lipinski definition) is 1. The number of nitrogens with one attached hydrogen (secondary N) is 1. The Morgan fingerprint density at radius 2 is 2.00 bits per heavy atom. The van der Waals surface area contributed by atoms with Crippen molar-refractivity contribution >= 4 is 0 Å². The van der Waals surface area contributed by atoms with Crippen LogP contribution in [0.3, 0.4) is 0 Å². The molecule has 3 rings (SSSR count). The van der Waals surface area contributed by atoms with E-state index in [1.54, 1.807) is 0 Å². The van der Waals surface area contributed by atoms with Crippen molar-refractivity contribution in [3.63, 3.8) is 0 Å². The molecule has 1 heteroatoms. The van der Waals surface area contributed by atoms with Gasteiger partial charge in [0.05, 0.1) is 12.1 Å². The monoisotopic (exact) mass is 123 g/mol. The molecule has 50 valence electrons. The third kappa shape index (κ3) is 0.645. The molecule has 2 saturated heterocycles. The molecule has 1 saturated carbocycles. The summed E-state index contributed by atoms with van der Waals surface area (Å²) < 4.78 is 0. The molecule has 2 heterocycles. The fourth-order valence-corrected chi connectivity index (χ4v) is 2.03. The molecule has 0 aromatic carbocycles. The molecule has 3 aliphatic rings. The fourth-order valence-electron chi connectivity index (χ4n) is 2.03. The molecule has 0 aromatic heterocycles. The number of rotatable bonds is 0. The van der Waals surface area contributed by atoms with Crippen LogP contribution >= 0.6 is 0 Å². The Bertz CT molecular complexity index is 137. The normalized spacial score (nSPS) is 48.6. The second-order valence-electron chi connectivity index (χ2n) is 3.36. The van der Waals surface area contributed by atoms with Crippen molar-refractivity contribution in [3.8, 4) is 0 Å². The highest BCUT2D eigenvalue weighted by atomic mass is 15.2. The van der Waals surface area contributed by atoms with Gasteiger partial charge >= 0.3 is 0 Å². The average Bonchev–Trinajstić information content (AvgIpc) is 1.87. The summed E-state index contributed by atoms with van der Waals surface area (Å²) in [5.41, 5.74) is 1.45. The lowest BCUT2D eigenvalue weighted by Gasteiger charge is -2.52. The highest BCUT2D eigenvalue weighted by molar-refractivity contribution is 5.06. The highest BCUT2D eigenvalue weighted by Gasteiger charge is 2.40. The van der Waals surface area contributed by atoms with E-state index >= 15 is 0 Å². The van der Waals surface area contributed by atoms with Crippen molar-refractivity contribution in [2.75, 3.05) is 0 Å². The summed E-state index contributed by atoms with van der Waals surface area (Å²) in [6, 6.07) is 1.66. The number of quaternary nitrogens is 1. The van der Waals surface area contributed by atoms with Crippen LogP contribution in [0, 0.1) is 7.05 Å². The smallest absolute Gasteiger partial charge is 0.0731 e. The maximum absolute atomic E-state index is 4.04. The Hall–Kier alpha value is -0.300. The van der Waals surface area contributed by atoms with Crippen LogP contribution in [0.25, 0.3) is 0 Å². The molecule has 9 heavy (non-hydrogen) atoms. The first-order chi connectivity index (χ1) is 4.27. The SMILES string of the molecule is C=C1CC2CC(C1)[NH+]2[CH2-]. The van der Waals surface area contributed by atoms with E-state index in [0.29, 0.717) is 0 Å². The van der Waals surface area contributed by atoms with Crippen LogP contribution in [-0.4, -0.2) is 12.1 Å². The molecule has 2 aliphatic heterocycles. The molecule has 1 nitrogen and oxygen atoms in total. The zero-order chi connectivity index (χ0) is 6.43. The van der Waals surface area contributed by atoms with Crippen LogP contribution < -0.4 is 4.90 Å². The zero-order valence-electron chi connectivity index (χ0n) is 5.69. The van der Waals surface area contributed by atoms with Crippen LogP contribution in [0.2, 0.25) is 0 Å². The van der Waals surface area contributed by atoms with E-state index in [1.165, 1.54) is 29.7 Å². The van der Waals surface area contributed by atoms with E-state index in [-0.39, 0.29) is 0 Å². The summed E-state index contributed by atoms with van der Waals surface area (Å²) in [5, 5.41) is 0. The van der Waals surface area contributed by atoms with E-state index in [0.717, 1.165) is 12.1 Å². The van der Waals surface area contributed by atoms with Gasteiger partial charge in [-0.05, 0) is 0 Å². The van der Waals surface area contributed by atoms with E-state index in [4.69, 9.17) is 0 Å². The van der Waals surface area contributed by atoms with Crippen LogP contribution in [0.15, 0.2) is 12.2 Å². The Kier molecular flexibility index (Phi) is 0.974. The molecule has 1 aliphatic carbocycles. The third-order valence-corrected chi connectivity index (χ3v) is 2.69. The Morgan fingerprint density at radius 3 is 2.33 bits per heavy atom. The van der Waals surface area contributed by atoms with Crippen LogP contribution in [-0.2, 0) is 0 Å². The van der Waals surface area contributed by atoms with Gasteiger partial charge in [-0.2, -0.15) is 7.05 Å². The first-order valence-corrected chi connectivity index (χ1v) is 3.62. The van der Waals surface area contributed by atoms with Gasteiger partial charge in [-0.15, -0.1) is 0 Å². The summed E-state index contributed by atoms with van der Waals surface area (Å²) in [4.78, 5) is 1.50. The van der Waals surface area contributed by atoms with Crippen molar-refractivity contribution < 1.29 is 4.90 Å². The minimum absolute atomic E-state index is 0.830. The van der Waals surface area contributed by atoms with Gasteiger partial charge in [-0.1, -0.05) is 12.2 Å². The summed E-state index contributed by atoms with van der Waals surface area (Å²) in [5.74, 6) is 0. The van der Waals surface area contributed by atoms with Gasteiger partial charge in [0.1, 0.15) is 0 Å². The Morgan fingerprint density at radius 1 is 1.44 bits per heavy atom. The summed E-state index contributed by atoms with van der Waals surface area (Å²) >= 11 is 0. The van der Waals surface area contributed by atoms with Crippen LogP contribution in [0.4, 0.5) is 0 Å². The van der Waals surface area contributed by atoms with Gasteiger partial charge in [0.25, 0.3) is 0 Å². The lowest BCUT2D eigenvalue weighted by molar-refractivity contribution is -0.957. The molecule has 1 N–H and O–H groups in total. The van der Waals surface area contributed by atoms with E-state index in [2.05, 4.69) is 13.6 Å². The number of piperidine rings is 1. The average molecular weight is 123 g/mol. The van der Waals surface area contributed by atoms with Gasteiger partial charge in [0, 0.05) is 19.3 Å². The van der Waals surface area contributed by atoms with Crippen LogP contribution in [0.5, 0.6) is 0 Å². The maximum Gasteiger partial charge on any atom is 0.0731 e. The van der Waals surface area contributed by atoms with Crippen molar-refractivity contribution in [3.05, 3.63) is 19.2 Å². The molecule has 2 unspecified atom stereocenters. The molecule has 0 spiro atoms. The standard InChI is InChI=1S/C8H13N/c1-6-3-7-5-8(4-6)9(7)2/h7-9H,1-5H2. The molecular weight excluding hydrogens is 110 g/mol. The first-order valence-electron chi connectivity index (χ1n) is 3.62. The Balaban J connectivity index is 2.09. The lowest BCUT2D eigenvalue weighted by atomic mass is 9.78. The predicted molar refractivity (Wildman–Crippen MR) is 36.9 cm³/mol. The molecule has 0 radical (unpaired) electrons. The summed E-state index contributed by atoms with van der Waals surface area (Å²) in [6.07, 6.45) is 3.86. The van der Waals surface area contributed by atoms with Crippen molar-refractivity contribution in [2.24, 2.45) is 0 Å². The molecule has 0 aromatic rings. The van der Waals surface area contributed by atoms with E-state index < -0.39 is 0 Å². The van der Waals surface area contributed by atoms with Crippen LogP contribution in [0.1, 0.15) is 19.3 Å². The highest BCUT2D eigenvalue weighted by Crippen LogP contribution is 2.26. The molecular formula is C8H13N. The molecule has 2 atom stereocenters. The van der Waals surface area contributed by atoms with E-state index in [1.807, 2.05) is 0 Å². The number of fused-ring (bicyclic) bond motifs is 2. The maximum atomic E-state index is 4.04. The third-order valence-electron chi connectivity index (χ3n) is 2.69. The zero-order valence-corrected chi connectivity index (χ0v) is 5.69. The van der Waals surface area contributed by atoms with Gasteiger partial charge in [-0.25, -0.2) is 0 Å². The van der Waals surface area contributed by atoms with Gasteiger partial charge in [0.2, 0.25) is 0 Å². The molecule has 2 bridgehead atoms. The van der Waals surface area contributed by atoms with Gasteiger partial charge in [-0.3, -0.25) is 0 Å².